The van der Waals surface area contributed by atoms with Crippen molar-refractivity contribution in [3.63, 3.8) is 0 Å². The molecule has 0 atom stereocenters. The molecule has 0 spiro atoms. The second kappa shape index (κ2) is 2.85. The average Bonchev–Trinajstić information content (AvgIpc) is 2.62. The molecule has 5 nitrogen and oxygen atoms in total. The molecule has 0 aliphatic carbocycles. The predicted octanol–water partition coefficient (Wildman–Crippen LogP) is 0.553. The van der Waals surface area contributed by atoms with Crippen molar-refractivity contribution in [1.82, 2.24) is 19.5 Å². The van der Waals surface area contributed by atoms with E-state index in [0.717, 1.165) is 5.69 Å². The third-order valence-corrected chi connectivity index (χ3v) is 1.74. The van der Waals surface area contributed by atoms with E-state index in [1.807, 2.05) is 6.92 Å². The first-order chi connectivity index (χ1) is 6.27. The highest BCUT2D eigenvalue weighted by Crippen LogP contribution is 2.07. The molecule has 0 saturated heterocycles. The quantitative estimate of drug-likeness (QED) is 0.687. The van der Waals surface area contributed by atoms with E-state index in [9.17, 15) is 0 Å². The second-order valence-electron chi connectivity index (χ2n) is 2.68. The number of hydrogen-bond acceptors (Lipinski definition) is 4. The SMILES string of the molecule is Cc1nc(-n2ccnc2)ncc1N. The van der Waals surface area contributed by atoms with E-state index in [2.05, 4.69) is 15.0 Å². The summed E-state index contributed by atoms with van der Waals surface area (Å²) in [4.78, 5) is 12.2. The second-order valence-corrected chi connectivity index (χ2v) is 2.68. The molecule has 0 saturated carbocycles. The maximum Gasteiger partial charge on any atom is 0.235 e. The predicted molar refractivity (Wildman–Crippen MR) is 48.3 cm³/mol. The standard InChI is InChI=1S/C8H9N5/c1-6-7(9)4-11-8(12-6)13-3-2-10-5-13/h2-5H,9H2,1H3. The van der Waals surface area contributed by atoms with Crippen LogP contribution in [0.5, 0.6) is 0 Å². The Morgan fingerprint density at radius 3 is 2.92 bits per heavy atom. The summed E-state index contributed by atoms with van der Waals surface area (Å²) in [7, 11) is 0. The maximum atomic E-state index is 5.59. The lowest BCUT2D eigenvalue weighted by atomic mass is 10.4. The van der Waals surface area contributed by atoms with E-state index < -0.39 is 0 Å². The Labute approximate surface area is 75.3 Å². The lowest BCUT2D eigenvalue weighted by Gasteiger charge is -2.02. The molecule has 2 N–H and O–H groups in total. The zero-order valence-corrected chi connectivity index (χ0v) is 7.18. The number of nitrogens with zero attached hydrogens (tertiary/aromatic N) is 4. The van der Waals surface area contributed by atoms with Gasteiger partial charge >= 0.3 is 0 Å². The van der Waals surface area contributed by atoms with Gasteiger partial charge in [0, 0.05) is 12.4 Å². The average molecular weight is 175 g/mol. The molecule has 5 heteroatoms. The number of nitrogens with two attached hydrogens (primary N) is 1. The Hall–Kier alpha value is -1.91. The van der Waals surface area contributed by atoms with Crippen LogP contribution in [-0.4, -0.2) is 19.5 Å². The number of imidazole rings is 1. The molecule has 0 aliphatic rings. The fourth-order valence-corrected chi connectivity index (χ4v) is 0.966. The molecule has 0 unspecified atom stereocenters. The first-order valence-electron chi connectivity index (χ1n) is 3.85. The van der Waals surface area contributed by atoms with Crippen molar-refractivity contribution in [2.45, 2.75) is 6.92 Å². The van der Waals surface area contributed by atoms with Gasteiger partial charge in [0.25, 0.3) is 0 Å². The van der Waals surface area contributed by atoms with Gasteiger partial charge in [0.1, 0.15) is 6.33 Å². The minimum atomic E-state index is 0.587. The first-order valence-corrected chi connectivity index (χ1v) is 3.85. The minimum absolute atomic E-state index is 0.587. The highest BCUT2D eigenvalue weighted by molar-refractivity contribution is 5.40. The molecule has 0 amide bonds. The van der Waals surface area contributed by atoms with Gasteiger partial charge in [-0.2, -0.15) is 0 Å². The zero-order valence-electron chi connectivity index (χ0n) is 7.18. The van der Waals surface area contributed by atoms with Gasteiger partial charge in [0.15, 0.2) is 0 Å². The summed E-state index contributed by atoms with van der Waals surface area (Å²) in [5.41, 5.74) is 6.97. The molecule has 66 valence electrons. The van der Waals surface area contributed by atoms with Crippen molar-refractivity contribution in [1.29, 1.82) is 0 Å². The number of aromatic nitrogens is 4. The van der Waals surface area contributed by atoms with Gasteiger partial charge in [0.2, 0.25) is 5.95 Å². The third-order valence-electron chi connectivity index (χ3n) is 1.74. The van der Waals surface area contributed by atoms with E-state index in [1.165, 1.54) is 0 Å². The smallest absolute Gasteiger partial charge is 0.235 e. The van der Waals surface area contributed by atoms with E-state index >= 15 is 0 Å². The van der Waals surface area contributed by atoms with Crippen LogP contribution in [0.4, 0.5) is 5.69 Å². The Morgan fingerprint density at radius 1 is 1.46 bits per heavy atom. The Morgan fingerprint density at radius 2 is 2.31 bits per heavy atom. The highest BCUT2D eigenvalue weighted by Gasteiger charge is 2.00. The molecule has 0 aliphatic heterocycles. The van der Waals surface area contributed by atoms with Gasteiger partial charge < -0.3 is 5.73 Å². The third kappa shape index (κ3) is 1.35. The first kappa shape index (κ1) is 7.72. The van der Waals surface area contributed by atoms with Gasteiger partial charge in [-0.15, -0.1) is 0 Å². The van der Waals surface area contributed by atoms with E-state index in [-0.39, 0.29) is 0 Å². The van der Waals surface area contributed by atoms with Crippen molar-refractivity contribution in [3.8, 4) is 5.95 Å². The molecule has 0 bridgehead atoms. The van der Waals surface area contributed by atoms with Crippen molar-refractivity contribution in [3.05, 3.63) is 30.6 Å². The van der Waals surface area contributed by atoms with Crippen molar-refractivity contribution in [2.24, 2.45) is 0 Å². The van der Waals surface area contributed by atoms with E-state index in [4.69, 9.17) is 5.73 Å². The summed E-state index contributed by atoms with van der Waals surface area (Å²) in [6.45, 7) is 1.84. The molecular weight excluding hydrogens is 166 g/mol. The molecule has 0 radical (unpaired) electrons. The summed E-state index contributed by atoms with van der Waals surface area (Å²) < 4.78 is 1.73. The molecule has 2 aromatic heterocycles. The number of nitrogen functional groups attached to an aromatic ring is 1. The molecule has 0 aromatic carbocycles. The molecule has 2 aromatic rings. The highest BCUT2D eigenvalue weighted by atomic mass is 15.2. The van der Waals surface area contributed by atoms with Crippen molar-refractivity contribution >= 4 is 5.69 Å². The minimum Gasteiger partial charge on any atom is -0.396 e. The van der Waals surface area contributed by atoms with Crippen LogP contribution in [0.25, 0.3) is 5.95 Å². The van der Waals surface area contributed by atoms with Gasteiger partial charge in [-0.1, -0.05) is 0 Å². The monoisotopic (exact) mass is 175 g/mol. The Balaban J connectivity index is 2.49. The van der Waals surface area contributed by atoms with Crippen LogP contribution in [0.1, 0.15) is 5.69 Å². The molecule has 13 heavy (non-hydrogen) atoms. The topological polar surface area (TPSA) is 69.6 Å². The molecule has 0 fully saturated rings. The lowest BCUT2D eigenvalue weighted by Crippen LogP contribution is -2.02. The van der Waals surface area contributed by atoms with Gasteiger partial charge in [-0.25, -0.2) is 15.0 Å². The number of rotatable bonds is 1. The summed E-state index contributed by atoms with van der Waals surface area (Å²) in [6, 6.07) is 0. The normalized spacial score (nSPS) is 10.2. The Bertz CT molecular complexity index is 406. The van der Waals surface area contributed by atoms with Crippen LogP contribution in [0.15, 0.2) is 24.9 Å². The van der Waals surface area contributed by atoms with Crippen LogP contribution >= 0.6 is 0 Å². The zero-order chi connectivity index (χ0) is 9.26. The summed E-state index contributed by atoms with van der Waals surface area (Å²) in [6.07, 6.45) is 6.70. The summed E-state index contributed by atoms with van der Waals surface area (Å²) >= 11 is 0. The summed E-state index contributed by atoms with van der Waals surface area (Å²) in [5, 5.41) is 0. The van der Waals surface area contributed by atoms with Gasteiger partial charge in [-0.3, -0.25) is 4.57 Å². The number of aryl methyl sites for hydroxylation is 1. The van der Waals surface area contributed by atoms with E-state index in [1.54, 1.807) is 29.5 Å². The lowest BCUT2D eigenvalue weighted by molar-refractivity contribution is 0.912. The van der Waals surface area contributed by atoms with Gasteiger partial charge in [0.05, 0.1) is 17.6 Å². The molecule has 2 heterocycles. The largest absolute Gasteiger partial charge is 0.396 e. The van der Waals surface area contributed by atoms with Crippen LogP contribution in [0, 0.1) is 6.92 Å². The number of anilines is 1. The maximum absolute atomic E-state index is 5.59. The van der Waals surface area contributed by atoms with Crippen LogP contribution < -0.4 is 5.73 Å². The van der Waals surface area contributed by atoms with Crippen molar-refractivity contribution in [2.75, 3.05) is 5.73 Å². The molecule has 2 rings (SSSR count). The molecular formula is C8H9N5. The van der Waals surface area contributed by atoms with Gasteiger partial charge in [-0.05, 0) is 6.92 Å². The van der Waals surface area contributed by atoms with Crippen molar-refractivity contribution < 1.29 is 0 Å². The van der Waals surface area contributed by atoms with E-state index in [0.29, 0.717) is 11.6 Å². The van der Waals surface area contributed by atoms with Crippen LogP contribution in [0.2, 0.25) is 0 Å². The number of hydrogen-bond donors (Lipinski definition) is 1. The van der Waals surface area contributed by atoms with Crippen LogP contribution in [0.3, 0.4) is 0 Å². The fraction of sp³-hybridized carbons (Fsp3) is 0.125. The van der Waals surface area contributed by atoms with Crippen LogP contribution in [-0.2, 0) is 0 Å². The summed E-state index contributed by atoms with van der Waals surface area (Å²) in [5.74, 6) is 0.587. The Kier molecular flexibility index (Phi) is 1.70. The fourth-order valence-electron chi connectivity index (χ4n) is 0.966.